The quantitative estimate of drug-likeness (QED) is 0.747. The van der Waals surface area contributed by atoms with E-state index in [1.165, 1.54) is 6.20 Å². The van der Waals surface area contributed by atoms with E-state index in [1.807, 2.05) is 0 Å². The van der Waals surface area contributed by atoms with Gasteiger partial charge in [0.05, 0.1) is 6.20 Å². The Bertz CT molecular complexity index is 743. The molecule has 1 aromatic heterocycles. The van der Waals surface area contributed by atoms with Crippen molar-refractivity contribution in [2.45, 2.75) is 18.2 Å². The molecule has 2 aromatic rings. The van der Waals surface area contributed by atoms with Crippen molar-refractivity contribution in [1.29, 1.82) is 0 Å². The van der Waals surface area contributed by atoms with Crippen LogP contribution in [0.25, 0.3) is 0 Å². The number of rotatable bonds is 4. The van der Waals surface area contributed by atoms with Crippen molar-refractivity contribution in [2.24, 2.45) is 0 Å². The normalized spacial score (nSPS) is 11.6. The second-order valence-corrected chi connectivity index (χ2v) is 5.69. The largest absolute Gasteiger partial charge is 0.399 e. The van der Waals surface area contributed by atoms with E-state index in [9.17, 15) is 17.2 Å². The highest BCUT2D eigenvalue weighted by molar-refractivity contribution is 7.92. The van der Waals surface area contributed by atoms with E-state index < -0.39 is 26.6 Å². The minimum absolute atomic E-state index is 0.106. The van der Waals surface area contributed by atoms with Crippen LogP contribution in [-0.2, 0) is 16.4 Å². The van der Waals surface area contributed by atoms with E-state index in [-0.39, 0.29) is 11.5 Å². The predicted molar refractivity (Wildman–Crippen MR) is 69.5 cm³/mol. The number of anilines is 2. The second-order valence-electron chi connectivity index (χ2n) is 4.04. The molecule has 2 rings (SSSR count). The van der Waals surface area contributed by atoms with Gasteiger partial charge in [0, 0.05) is 11.3 Å². The van der Waals surface area contributed by atoms with Crippen LogP contribution in [0.2, 0.25) is 0 Å². The molecule has 0 unspecified atom stereocenters. The molecule has 0 aliphatic carbocycles. The van der Waals surface area contributed by atoms with Crippen molar-refractivity contribution in [3.8, 4) is 0 Å². The second kappa shape index (κ2) is 5.08. The van der Waals surface area contributed by atoms with E-state index in [4.69, 9.17) is 5.73 Å². The van der Waals surface area contributed by atoms with Crippen LogP contribution in [0, 0.1) is 11.6 Å². The third-order valence-electron chi connectivity index (χ3n) is 2.64. The number of aryl methyl sites for hydroxylation is 1. The van der Waals surface area contributed by atoms with E-state index in [0.29, 0.717) is 18.1 Å². The Morgan fingerprint density at radius 2 is 2.10 bits per heavy atom. The third-order valence-corrected chi connectivity index (χ3v) is 3.99. The first-order valence-corrected chi connectivity index (χ1v) is 7.13. The molecule has 20 heavy (non-hydrogen) atoms. The van der Waals surface area contributed by atoms with Gasteiger partial charge in [0.1, 0.15) is 10.7 Å². The minimum Gasteiger partial charge on any atom is -0.399 e. The van der Waals surface area contributed by atoms with Crippen molar-refractivity contribution in [2.75, 3.05) is 10.5 Å². The number of hydrogen-bond acceptors (Lipinski definition) is 4. The molecule has 0 bridgehead atoms. The van der Waals surface area contributed by atoms with Gasteiger partial charge in [-0.15, -0.1) is 0 Å². The van der Waals surface area contributed by atoms with Gasteiger partial charge in [-0.1, -0.05) is 6.92 Å². The number of nitrogens with zero attached hydrogens (tertiary/aromatic N) is 1. The summed E-state index contributed by atoms with van der Waals surface area (Å²) in [6.45, 7) is 1.80. The summed E-state index contributed by atoms with van der Waals surface area (Å²) in [6.07, 6.45) is 1.95. The first kappa shape index (κ1) is 14.3. The van der Waals surface area contributed by atoms with Gasteiger partial charge in [0.25, 0.3) is 10.0 Å². The maximum absolute atomic E-state index is 13.6. The van der Waals surface area contributed by atoms with Crippen LogP contribution in [0.15, 0.2) is 23.2 Å². The third kappa shape index (κ3) is 2.57. The van der Waals surface area contributed by atoms with Crippen molar-refractivity contribution in [3.05, 3.63) is 35.5 Å². The first-order valence-electron chi connectivity index (χ1n) is 5.64. The van der Waals surface area contributed by atoms with Crippen molar-refractivity contribution in [1.82, 2.24) is 10.2 Å². The summed E-state index contributed by atoms with van der Waals surface area (Å²) in [4.78, 5) is -0.855. The van der Waals surface area contributed by atoms with Crippen LogP contribution in [-0.4, -0.2) is 18.6 Å². The lowest BCUT2D eigenvalue weighted by Crippen LogP contribution is -2.17. The Morgan fingerprint density at radius 3 is 2.75 bits per heavy atom. The molecular weight excluding hydrogens is 290 g/mol. The molecule has 0 aliphatic heterocycles. The van der Waals surface area contributed by atoms with Gasteiger partial charge >= 0.3 is 0 Å². The molecule has 1 heterocycles. The number of H-pyrrole nitrogens is 1. The van der Waals surface area contributed by atoms with E-state index >= 15 is 0 Å². The molecule has 0 spiro atoms. The van der Waals surface area contributed by atoms with E-state index in [0.717, 1.165) is 6.07 Å². The minimum atomic E-state index is -4.31. The van der Waals surface area contributed by atoms with Crippen LogP contribution >= 0.6 is 0 Å². The fourth-order valence-corrected chi connectivity index (χ4v) is 2.82. The molecule has 9 heteroatoms. The van der Waals surface area contributed by atoms with Crippen LogP contribution in [0.5, 0.6) is 0 Å². The molecule has 0 radical (unpaired) electrons. The number of hydrogen-bond donors (Lipinski definition) is 3. The number of sulfonamides is 1. The highest BCUT2D eigenvalue weighted by atomic mass is 32.2. The number of nitrogens with two attached hydrogens (primary N) is 1. The number of aromatic amines is 1. The molecule has 0 atom stereocenters. The molecule has 1 aromatic carbocycles. The average Bonchev–Trinajstić information content (AvgIpc) is 2.80. The lowest BCUT2D eigenvalue weighted by molar-refractivity contribution is 0.486. The SMILES string of the molecule is CCc1cn[nH]c1NS(=O)(=O)c1cc(N)cc(F)c1F. The smallest absolute Gasteiger partial charge is 0.266 e. The van der Waals surface area contributed by atoms with E-state index in [1.54, 1.807) is 6.92 Å². The number of nitrogens with one attached hydrogen (secondary N) is 2. The lowest BCUT2D eigenvalue weighted by Gasteiger charge is -2.09. The number of halogens is 2. The molecule has 0 amide bonds. The van der Waals surface area contributed by atoms with Crippen LogP contribution in [0.3, 0.4) is 0 Å². The van der Waals surface area contributed by atoms with Gasteiger partial charge in [-0.25, -0.2) is 17.2 Å². The zero-order chi connectivity index (χ0) is 14.9. The summed E-state index contributed by atoms with van der Waals surface area (Å²) >= 11 is 0. The maximum Gasteiger partial charge on any atom is 0.266 e. The highest BCUT2D eigenvalue weighted by Gasteiger charge is 2.24. The predicted octanol–water partition coefficient (Wildman–Crippen LogP) is 1.63. The Hall–Kier alpha value is -2.16. The summed E-state index contributed by atoms with van der Waals surface area (Å²) < 4.78 is 53.1. The molecule has 0 saturated heterocycles. The van der Waals surface area contributed by atoms with Crippen LogP contribution in [0.4, 0.5) is 20.3 Å². The maximum atomic E-state index is 13.6. The highest BCUT2D eigenvalue weighted by Crippen LogP contribution is 2.24. The van der Waals surface area contributed by atoms with E-state index in [2.05, 4.69) is 14.9 Å². The molecule has 6 nitrogen and oxygen atoms in total. The molecule has 108 valence electrons. The van der Waals surface area contributed by atoms with Crippen LogP contribution in [0.1, 0.15) is 12.5 Å². The topological polar surface area (TPSA) is 101 Å². The summed E-state index contributed by atoms with van der Waals surface area (Å²) in [5, 5.41) is 6.13. The van der Waals surface area contributed by atoms with Gasteiger partial charge in [-0.05, 0) is 18.6 Å². The number of aromatic nitrogens is 2. The van der Waals surface area contributed by atoms with Crippen molar-refractivity contribution < 1.29 is 17.2 Å². The Labute approximate surface area is 114 Å². The number of benzene rings is 1. The van der Waals surface area contributed by atoms with Crippen molar-refractivity contribution >= 4 is 21.5 Å². The summed E-state index contributed by atoms with van der Waals surface area (Å²) in [5.41, 5.74) is 5.74. The summed E-state index contributed by atoms with van der Waals surface area (Å²) in [7, 11) is -4.31. The van der Waals surface area contributed by atoms with Gasteiger partial charge in [0.2, 0.25) is 0 Å². The fourth-order valence-electron chi connectivity index (χ4n) is 1.64. The Kier molecular flexibility index (Phi) is 3.62. The zero-order valence-electron chi connectivity index (χ0n) is 10.4. The molecule has 0 fully saturated rings. The fraction of sp³-hybridized carbons (Fsp3) is 0.182. The monoisotopic (exact) mass is 302 g/mol. The van der Waals surface area contributed by atoms with Gasteiger partial charge in [0.15, 0.2) is 11.6 Å². The standard InChI is InChI=1S/C11H12F2N4O2S/c1-2-6-5-15-16-11(6)17-20(18,19)9-4-7(14)3-8(12)10(9)13/h3-5H,2,14H2,1H3,(H2,15,16,17). The summed E-state index contributed by atoms with van der Waals surface area (Å²) in [5.74, 6) is -2.70. The lowest BCUT2D eigenvalue weighted by atomic mass is 10.3. The van der Waals surface area contributed by atoms with Gasteiger partial charge in [-0.2, -0.15) is 5.10 Å². The molecule has 0 aliphatic rings. The molecule has 4 N–H and O–H groups in total. The van der Waals surface area contributed by atoms with Crippen LogP contribution < -0.4 is 10.5 Å². The Balaban J connectivity index is 2.46. The summed E-state index contributed by atoms with van der Waals surface area (Å²) in [6, 6.07) is 1.56. The average molecular weight is 302 g/mol. The Morgan fingerprint density at radius 1 is 1.40 bits per heavy atom. The van der Waals surface area contributed by atoms with Crippen molar-refractivity contribution in [3.63, 3.8) is 0 Å². The van der Waals surface area contributed by atoms with Gasteiger partial charge in [-0.3, -0.25) is 9.82 Å². The number of nitrogen functional groups attached to an aromatic ring is 1. The van der Waals surface area contributed by atoms with Gasteiger partial charge < -0.3 is 5.73 Å². The first-order chi connectivity index (χ1) is 9.35. The molecular formula is C11H12F2N4O2S. The zero-order valence-corrected chi connectivity index (χ0v) is 11.3. The molecule has 0 saturated carbocycles.